The van der Waals surface area contributed by atoms with Crippen LogP contribution in [0.2, 0.25) is 0 Å². The average molecular weight is 251 g/mol. The van der Waals surface area contributed by atoms with Crippen molar-refractivity contribution in [1.29, 1.82) is 5.26 Å². The van der Waals surface area contributed by atoms with Gasteiger partial charge in [-0.3, -0.25) is 4.79 Å². The van der Waals surface area contributed by atoms with E-state index in [4.69, 9.17) is 5.26 Å². The third-order valence-electron chi connectivity index (χ3n) is 2.60. The van der Waals surface area contributed by atoms with Crippen molar-refractivity contribution in [3.05, 3.63) is 58.9 Å². The van der Waals surface area contributed by atoms with Gasteiger partial charge in [-0.15, -0.1) is 0 Å². The molecule has 1 heterocycles. The lowest BCUT2D eigenvalue weighted by atomic mass is 10.1. The van der Waals surface area contributed by atoms with Gasteiger partial charge in [-0.05, 0) is 49.2 Å². The standard InChI is InChI=1S/C15H13N3O/c1-10-5-11(2)7-13(6-10)18-15(19)14-4-3-12(8-16)9-17-14/h3-7,9H,1-2H3,(H,18,19). The lowest BCUT2D eigenvalue weighted by Gasteiger charge is -2.07. The van der Waals surface area contributed by atoms with Crippen LogP contribution in [-0.4, -0.2) is 10.9 Å². The van der Waals surface area contributed by atoms with Gasteiger partial charge in [0, 0.05) is 11.9 Å². The summed E-state index contributed by atoms with van der Waals surface area (Å²) in [5, 5.41) is 11.5. The summed E-state index contributed by atoms with van der Waals surface area (Å²) < 4.78 is 0. The van der Waals surface area contributed by atoms with Crippen LogP contribution in [0, 0.1) is 25.2 Å². The molecular formula is C15H13N3O. The molecule has 0 bridgehead atoms. The summed E-state index contributed by atoms with van der Waals surface area (Å²) in [5.74, 6) is -0.283. The van der Waals surface area contributed by atoms with E-state index in [9.17, 15) is 4.79 Å². The van der Waals surface area contributed by atoms with Crippen molar-refractivity contribution in [2.45, 2.75) is 13.8 Å². The minimum atomic E-state index is -0.283. The van der Waals surface area contributed by atoms with Crippen LogP contribution in [0.15, 0.2) is 36.5 Å². The summed E-state index contributed by atoms with van der Waals surface area (Å²) >= 11 is 0. The van der Waals surface area contributed by atoms with Crippen LogP contribution in [0.25, 0.3) is 0 Å². The fourth-order valence-corrected chi connectivity index (χ4v) is 1.84. The lowest BCUT2D eigenvalue weighted by molar-refractivity contribution is 0.102. The highest BCUT2D eigenvalue weighted by atomic mass is 16.1. The van der Waals surface area contributed by atoms with E-state index in [2.05, 4.69) is 10.3 Å². The molecule has 1 aromatic heterocycles. The maximum atomic E-state index is 12.0. The minimum absolute atomic E-state index is 0.283. The number of benzene rings is 1. The number of carbonyl (C=O) groups is 1. The lowest BCUT2D eigenvalue weighted by Crippen LogP contribution is -2.13. The number of nitriles is 1. The Bertz CT molecular complexity index is 634. The van der Waals surface area contributed by atoms with Gasteiger partial charge in [-0.2, -0.15) is 5.26 Å². The topological polar surface area (TPSA) is 65.8 Å². The zero-order chi connectivity index (χ0) is 13.8. The van der Waals surface area contributed by atoms with Crippen molar-refractivity contribution in [1.82, 2.24) is 4.98 Å². The molecule has 0 radical (unpaired) electrons. The number of hydrogen-bond acceptors (Lipinski definition) is 3. The van der Waals surface area contributed by atoms with E-state index in [1.54, 1.807) is 6.07 Å². The molecule has 0 aliphatic heterocycles. The predicted molar refractivity (Wildman–Crippen MR) is 72.8 cm³/mol. The molecule has 0 aliphatic carbocycles. The van der Waals surface area contributed by atoms with Crippen LogP contribution in [0.3, 0.4) is 0 Å². The van der Waals surface area contributed by atoms with Gasteiger partial charge in [0.1, 0.15) is 11.8 Å². The minimum Gasteiger partial charge on any atom is -0.321 e. The molecule has 0 saturated carbocycles. The first-order valence-electron chi connectivity index (χ1n) is 5.84. The quantitative estimate of drug-likeness (QED) is 0.892. The average Bonchev–Trinajstić information content (AvgIpc) is 2.37. The van der Waals surface area contributed by atoms with E-state index >= 15 is 0 Å². The van der Waals surface area contributed by atoms with Gasteiger partial charge in [0.05, 0.1) is 5.56 Å². The number of rotatable bonds is 2. The molecule has 0 aliphatic rings. The second-order valence-corrected chi connectivity index (χ2v) is 4.37. The number of pyridine rings is 1. The monoisotopic (exact) mass is 251 g/mol. The van der Waals surface area contributed by atoms with E-state index in [0.717, 1.165) is 16.8 Å². The first kappa shape index (κ1) is 12.8. The summed E-state index contributed by atoms with van der Waals surface area (Å²) in [6.45, 7) is 3.95. The van der Waals surface area contributed by atoms with Crippen LogP contribution in [0.1, 0.15) is 27.2 Å². The molecular weight excluding hydrogens is 238 g/mol. The van der Waals surface area contributed by atoms with E-state index in [0.29, 0.717) is 5.56 Å². The Labute approximate surface area is 111 Å². The van der Waals surface area contributed by atoms with Crippen LogP contribution in [-0.2, 0) is 0 Å². The number of carbonyl (C=O) groups excluding carboxylic acids is 1. The molecule has 4 heteroatoms. The number of aromatic nitrogens is 1. The normalized spacial score (nSPS) is 9.74. The maximum absolute atomic E-state index is 12.0. The van der Waals surface area contributed by atoms with E-state index in [-0.39, 0.29) is 11.6 Å². The van der Waals surface area contributed by atoms with Crippen LogP contribution < -0.4 is 5.32 Å². The van der Waals surface area contributed by atoms with E-state index in [1.165, 1.54) is 12.3 Å². The first-order chi connectivity index (χ1) is 9.08. The van der Waals surface area contributed by atoms with Crippen LogP contribution >= 0.6 is 0 Å². The molecule has 2 aromatic rings. The van der Waals surface area contributed by atoms with Gasteiger partial charge in [0.15, 0.2) is 0 Å². The molecule has 19 heavy (non-hydrogen) atoms. The highest BCUT2D eigenvalue weighted by Crippen LogP contribution is 2.14. The number of hydrogen-bond donors (Lipinski definition) is 1. The van der Waals surface area contributed by atoms with Crippen molar-refractivity contribution in [2.75, 3.05) is 5.32 Å². The molecule has 1 N–H and O–H groups in total. The molecule has 0 spiro atoms. The Morgan fingerprint density at radius 1 is 1.21 bits per heavy atom. The van der Waals surface area contributed by atoms with Crippen molar-refractivity contribution >= 4 is 11.6 Å². The van der Waals surface area contributed by atoms with Crippen molar-refractivity contribution < 1.29 is 4.79 Å². The summed E-state index contributed by atoms with van der Waals surface area (Å²) in [7, 11) is 0. The Kier molecular flexibility index (Phi) is 3.58. The molecule has 0 atom stereocenters. The maximum Gasteiger partial charge on any atom is 0.274 e. The van der Waals surface area contributed by atoms with Crippen molar-refractivity contribution in [2.24, 2.45) is 0 Å². The zero-order valence-corrected chi connectivity index (χ0v) is 10.8. The SMILES string of the molecule is Cc1cc(C)cc(NC(=O)c2ccc(C#N)cn2)c1. The van der Waals surface area contributed by atoms with Gasteiger partial charge in [0.2, 0.25) is 0 Å². The summed E-state index contributed by atoms with van der Waals surface area (Å²) in [4.78, 5) is 15.9. The van der Waals surface area contributed by atoms with Crippen LogP contribution in [0.5, 0.6) is 0 Å². The molecule has 4 nitrogen and oxygen atoms in total. The molecule has 2 rings (SSSR count). The Morgan fingerprint density at radius 2 is 1.89 bits per heavy atom. The second kappa shape index (κ2) is 5.32. The Morgan fingerprint density at radius 3 is 2.42 bits per heavy atom. The van der Waals surface area contributed by atoms with Crippen molar-refractivity contribution in [3.8, 4) is 6.07 Å². The summed E-state index contributed by atoms with van der Waals surface area (Å²) in [5.41, 5.74) is 3.64. The summed E-state index contributed by atoms with van der Waals surface area (Å²) in [6, 6.07) is 10.9. The second-order valence-electron chi connectivity index (χ2n) is 4.37. The smallest absolute Gasteiger partial charge is 0.274 e. The van der Waals surface area contributed by atoms with Gasteiger partial charge >= 0.3 is 0 Å². The molecule has 1 amide bonds. The number of anilines is 1. The third-order valence-corrected chi connectivity index (χ3v) is 2.60. The number of amides is 1. The molecule has 1 aromatic carbocycles. The third kappa shape index (κ3) is 3.17. The zero-order valence-electron chi connectivity index (χ0n) is 10.8. The predicted octanol–water partition coefficient (Wildman–Crippen LogP) is 2.82. The number of aryl methyl sites for hydroxylation is 2. The largest absolute Gasteiger partial charge is 0.321 e. The fourth-order valence-electron chi connectivity index (χ4n) is 1.84. The Balaban J connectivity index is 2.18. The number of nitrogens with zero attached hydrogens (tertiary/aromatic N) is 2. The van der Waals surface area contributed by atoms with Gasteiger partial charge < -0.3 is 5.32 Å². The summed E-state index contributed by atoms with van der Waals surface area (Å²) in [6.07, 6.45) is 1.39. The van der Waals surface area contributed by atoms with Gasteiger partial charge in [-0.25, -0.2) is 4.98 Å². The molecule has 94 valence electrons. The highest BCUT2D eigenvalue weighted by Gasteiger charge is 2.08. The first-order valence-corrected chi connectivity index (χ1v) is 5.84. The molecule has 0 unspecified atom stereocenters. The van der Waals surface area contributed by atoms with Gasteiger partial charge in [0.25, 0.3) is 5.91 Å². The van der Waals surface area contributed by atoms with Gasteiger partial charge in [-0.1, -0.05) is 6.07 Å². The fraction of sp³-hybridized carbons (Fsp3) is 0.133. The van der Waals surface area contributed by atoms with Crippen molar-refractivity contribution in [3.63, 3.8) is 0 Å². The number of nitrogens with one attached hydrogen (secondary N) is 1. The highest BCUT2D eigenvalue weighted by molar-refractivity contribution is 6.02. The van der Waals surface area contributed by atoms with E-state index in [1.807, 2.05) is 38.1 Å². The van der Waals surface area contributed by atoms with Crippen LogP contribution in [0.4, 0.5) is 5.69 Å². The van der Waals surface area contributed by atoms with E-state index < -0.39 is 0 Å². The molecule has 0 saturated heterocycles. The molecule has 0 fully saturated rings. The Hall–Kier alpha value is -2.67.